The molecule has 0 radical (unpaired) electrons. The molecule has 3 aromatic rings. The molecule has 0 saturated carbocycles. The van der Waals surface area contributed by atoms with Crippen LogP contribution in [0.25, 0.3) is 10.3 Å². The summed E-state index contributed by atoms with van der Waals surface area (Å²) in [6, 6.07) is 7.15. The summed E-state index contributed by atoms with van der Waals surface area (Å²) >= 11 is 1.52. The zero-order valence-corrected chi connectivity index (χ0v) is 13.0. The molecule has 3 heterocycles. The summed E-state index contributed by atoms with van der Waals surface area (Å²) in [7, 11) is 0. The highest BCUT2D eigenvalue weighted by molar-refractivity contribution is 7.16. The van der Waals surface area contributed by atoms with Gasteiger partial charge in [0.15, 0.2) is 0 Å². The second-order valence-electron chi connectivity index (χ2n) is 5.57. The van der Waals surface area contributed by atoms with E-state index in [2.05, 4.69) is 19.9 Å². The lowest BCUT2D eigenvalue weighted by Crippen LogP contribution is -2.21. The first-order chi connectivity index (χ1) is 11.2. The van der Waals surface area contributed by atoms with Crippen LogP contribution in [-0.2, 0) is 0 Å². The number of rotatable bonds is 3. The molecule has 1 aromatic carbocycles. The topological polar surface area (TPSA) is 79.2 Å². The van der Waals surface area contributed by atoms with Gasteiger partial charge in [-0.3, -0.25) is 0 Å². The standard InChI is InChI=1S/C16H14N4O2S/c21-15(22)11-3-1-10(2-4-11)12-5-6-20(8-12)16-17-7-13-14(19-16)23-9-18-13/h1-4,7,9,12H,5-6,8H2,(H,21,22). The Morgan fingerprint density at radius 1 is 1.26 bits per heavy atom. The maximum atomic E-state index is 10.9. The number of carbonyl (C=O) groups is 1. The summed E-state index contributed by atoms with van der Waals surface area (Å²) in [5, 5.41) is 8.97. The van der Waals surface area contributed by atoms with Crippen molar-refractivity contribution in [1.82, 2.24) is 15.0 Å². The maximum Gasteiger partial charge on any atom is 0.335 e. The predicted octanol–water partition coefficient (Wildman–Crippen LogP) is 2.78. The van der Waals surface area contributed by atoms with Crippen LogP contribution < -0.4 is 4.90 Å². The minimum absolute atomic E-state index is 0.322. The Bertz CT molecular complexity index is 862. The van der Waals surface area contributed by atoms with E-state index in [0.29, 0.717) is 11.5 Å². The Hall–Kier alpha value is -2.54. The number of nitrogens with zero attached hydrogens (tertiary/aromatic N) is 4. The fraction of sp³-hybridized carbons (Fsp3) is 0.250. The van der Waals surface area contributed by atoms with Crippen LogP contribution in [0, 0.1) is 0 Å². The molecule has 0 aliphatic carbocycles. The largest absolute Gasteiger partial charge is 0.478 e. The average Bonchev–Trinajstić information content (AvgIpc) is 3.23. The highest BCUT2D eigenvalue weighted by Gasteiger charge is 2.26. The molecular weight excluding hydrogens is 312 g/mol. The first-order valence-corrected chi connectivity index (χ1v) is 8.23. The minimum Gasteiger partial charge on any atom is -0.478 e. The number of carboxylic acids is 1. The van der Waals surface area contributed by atoms with E-state index < -0.39 is 5.97 Å². The summed E-state index contributed by atoms with van der Waals surface area (Å²) in [6.07, 6.45) is 2.78. The Kier molecular flexibility index (Phi) is 3.42. The molecule has 1 saturated heterocycles. The Morgan fingerprint density at radius 3 is 2.87 bits per heavy atom. The SMILES string of the molecule is O=C(O)c1ccc(C2CCN(c3ncc4ncsc4n3)C2)cc1. The molecule has 1 N–H and O–H groups in total. The third-order valence-electron chi connectivity index (χ3n) is 4.18. The van der Waals surface area contributed by atoms with Gasteiger partial charge in [-0.1, -0.05) is 12.1 Å². The van der Waals surface area contributed by atoms with Crippen molar-refractivity contribution in [3.63, 3.8) is 0 Å². The normalized spacial score (nSPS) is 17.7. The van der Waals surface area contributed by atoms with Crippen molar-refractivity contribution in [2.45, 2.75) is 12.3 Å². The van der Waals surface area contributed by atoms with Crippen molar-refractivity contribution in [2.75, 3.05) is 18.0 Å². The molecule has 4 rings (SSSR count). The van der Waals surface area contributed by atoms with Gasteiger partial charge in [-0.2, -0.15) is 0 Å². The third-order valence-corrected chi connectivity index (χ3v) is 4.91. The Morgan fingerprint density at radius 2 is 2.09 bits per heavy atom. The molecule has 116 valence electrons. The second kappa shape index (κ2) is 5.58. The van der Waals surface area contributed by atoms with Crippen molar-refractivity contribution < 1.29 is 9.90 Å². The maximum absolute atomic E-state index is 10.9. The number of benzene rings is 1. The number of aromatic nitrogens is 3. The van der Waals surface area contributed by atoms with Crippen molar-refractivity contribution in [2.24, 2.45) is 0 Å². The molecule has 23 heavy (non-hydrogen) atoms. The summed E-state index contributed by atoms with van der Waals surface area (Å²) in [5.74, 6) is 0.223. The molecule has 6 nitrogen and oxygen atoms in total. The van der Waals surface area contributed by atoms with Gasteiger partial charge >= 0.3 is 5.97 Å². The van der Waals surface area contributed by atoms with Gasteiger partial charge in [0.25, 0.3) is 0 Å². The van der Waals surface area contributed by atoms with Crippen LogP contribution in [0.2, 0.25) is 0 Å². The van der Waals surface area contributed by atoms with Gasteiger partial charge in [0, 0.05) is 19.0 Å². The molecule has 2 aromatic heterocycles. The zero-order valence-electron chi connectivity index (χ0n) is 12.2. The predicted molar refractivity (Wildman–Crippen MR) is 88.2 cm³/mol. The summed E-state index contributed by atoms with van der Waals surface area (Å²) in [4.78, 5) is 27.2. The fourth-order valence-electron chi connectivity index (χ4n) is 2.92. The van der Waals surface area contributed by atoms with E-state index in [4.69, 9.17) is 5.11 Å². The quantitative estimate of drug-likeness (QED) is 0.797. The highest BCUT2D eigenvalue weighted by Crippen LogP contribution is 2.30. The van der Waals surface area contributed by atoms with Gasteiger partial charge in [-0.15, -0.1) is 11.3 Å². The lowest BCUT2D eigenvalue weighted by molar-refractivity contribution is 0.0697. The van der Waals surface area contributed by atoms with Crippen molar-refractivity contribution >= 4 is 33.6 Å². The summed E-state index contributed by atoms with van der Waals surface area (Å²) in [5.41, 5.74) is 4.10. The Labute approximate surface area is 136 Å². The summed E-state index contributed by atoms with van der Waals surface area (Å²) < 4.78 is 0. The van der Waals surface area contributed by atoms with Crippen molar-refractivity contribution in [3.05, 3.63) is 47.1 Å². The molecule has 1 fully saturated rings. The summed E-state index contributed by atoms with van der Waals surface area (Å²) in [6.45, 7) is 1.74. The number of aromatic carboxylic acids is 1. The van der Waals surface area contributed by atoms with Crippen LogP contribution >= 0.6 is 11.3 Å². The molecule has 0 amide bonds. The van der Waals surface area contributed by atoms with E-state index in [1.54, 1.807) is 23.8 Å². The van der Waals surface area contributed by atoms with E-state index in [1.807, 2.05) is 12.1 Å². The van der Waals surface area contributed by atoms with Crippen LogP contribution in [0.4, 0.5) is 5.95 Å². The third kappa shape index (κ3) is 2.63. The number of thiazole rings is 1. The molecule has 1 unspecified atom stereocenters. The second-order valence-corrected chi connectivity index (χ2v) is 6.40. The zero-order chi connectivity index (χ0) is 15.8. The number of carboxylic acid groups (broad SMARTS) is 1. The minimum atomic E-state index is -0.893. The number of hydrogen-bond acceptors (Lipinski definition) is 6. The molecule has 0 bridgehead atoms. The van der Waals surface area contributed by atoms with Crippen molar-refractivity contribution in [3.8, 4) is 0 Å². The average molecular weight is 326 g/mol. The van der Waals surface area contributed by atoms with Crippen LogP contribution in [0.1, 0.15) is 28.3 Å². The van der Waals surface area contributed by atoms with Gasteiger partial charge in [0.2, 0.25) is 5.95 Å². The smallest absolute Gasteiger partial charge is 0.335 e. The van der Waals surface area contributed by atoms with Gasteiger partial charge in [0.1, 0.15) is 10.3 Å². The first kappa shape index (κ1) is 14.1. The van der Waals surface area contributed by atoms with Crippen LogP contribution in [0.3, 0.4) is 0 Å². The van der Waals surface area contributed by atoms with E-state index in [-0.39, 0.29) is 0 Å². The highest BCUT2D eigenvalue weighted by atomic mass is 32.1. The van der Waals surface area contributed by atoms with Gasteiger partial charge < -0.3 is 10.0 Å². The molecule has 7 heteroatoms. The molecular formula is C16H14N4O2S. The van der Waals surface area contributed by atoms with Crippen molar-refractivity contribution in [1.29, 1.82) is 0 Å². The molecule has 1 atom stereocenters. The lowest BCUT2D eigenvalue weighted by atomic mass is 9.97. The van der Waals surface area contributed by atoms with E-state index >= 15 is 0 Å². The van der Waals surface area contributed by atoms with E-state index in [9.17, 15) is 4.79 Å². The van der Waals surface area contributed by atoms with Gasteiger partial charge in [-0.05, 0) is 24.1 Å². The molecule has 1 aliphatic rings. The van der Waals surface area contributed by atoms with E-state index in [1.165, 1.54) is 11.3 Å². The van der Waals surface area contributed by atoms with Crippen LogP contribution in [0.15, 0.2) is 36.0 Å². The molecule has 1 aliphatic heterocycles. The van der Waals surface area contributed by atoms with E-state index in [0.717, 1.165) is 41.4 Å². The molecule has 0 spiro atoms. The fourth-order valence-corrected chi connectivity index (χ4v) is 3.55. The monoisotopic (exact) mass is 326 g/mol. The van der Waals surface area contributed by atoms with Gasteiger partial charge in [-0.25, -0.2) is 19.7 Å². The number of anilines is 1. The lowest BCUT2D eigenvalue weighted by Gasteiger charge is -2.16. The number of fused-ring (bicyclic) bond motifs is 1. The Balaban J connectivity index is 1.52. The number of hydrogen-bond donors (Lipinski definition) is 1. The van der Waals surface area contributed by atoms with Crippen LogP contribution in [-0.4, -0.2) is 39.1 Å². The van der Waals surface area contributed by atoms with Crippen LogP contribution in [0.5, 0.6) is 0 Å². The van der Waals surface area contributed by atoms with Gasteiger partial charge in [0.05, 0.1) is 17.3 Å². The first-order valence-electron chi connectivity index (χ1n) is 7.35.